The average molecular weight is 393 g/mol. The molecular weight excluding hydrogens is 374 g/mol. The first-order valence-corrected chi connectivity index (χ1v) is 8.46. The molecule has 4 atom stereocenters. The quantitative estimate of drug-likeness (QED) is 0.529. The van der Waals surface area contributed by atoms with Crippen molar-refractivity contribution in [1.29, 1.82) is 0 Å². The summed E-state index contributed by atoms with van der Waals surface area (Å²) in [7, 11) is 1.50. The zero-order valence-electron chi connectivity index (χ0n) is 15.4. The first-order valence-electron chi connectivity index (χ1n) is 8.46. The number of ether oxygens (including phenoxy) is 5. The highest BCUT2D eigenvalue weighted by molar-refractivity contribution is 5.99. The first-order chi connectivity index (χ1) is 13.3. The molecular formula is C18H19NO9. The van der Waals surface area contributed by atoms with Gasteiger partial charge in [-0.1, -0.05) is 0 Å². The number of hydrogen-bond donors (Lipinski definition) is 0. The van der Waals surface area contributed by atoms with Crippen LogP contribution in [0.15, 0.2) is 24.3 Å². The molecule has 0 N–H and O–H groups in total. The molecule has 3 rings (SSSR count). The van der Waals surface area contributed by atoms with Crippen molar-refractivity contribution in [2.75, 3.05) is 18.6 Å². The van der Waals surface area contributed by atoms with Gasteiger partial charge in [-0.05, 0) is 24.3 Å². The Kier molecular flexibility index (Phi) is 5.39. The monoisotopic (exact) mass is 393 g/mol. The fourth-order valence-electron chi connectivity index (χ4n) is 3.15. The Hall–Kier alpha value is -3.30. The summed E-state index contributed by atoms with van der Waals surface area (Å²) in [6, 6.07) is 5.26. The highest BCUT2D eigenvalue weighted by atomic mass is 16.7. The van der Waals surface area contributed by atoms with Crippen molar-refractivity contribution in [3.8, 4) is 5.75 Å². The van der Waals surface area contributed by atoms with Crippen LogP contribution in [0, 0.1) is 0 Å². The van der Waals surface area contributed by atoms with Crippen LogP contribution in [-0.2, 0) is 33.3 Å². The van der Waals surface area contributed by atoms with Gasteiger partial charge in [-0.2, -0.15) is 0 Å². The molecule has 0 bridgehead atoms. The minimum atomic E-state index is -1.15. The third kappa shape index (κ3) is 3.71. The van der Waals surface area contributed by atoms with Gasteiger partial charge >= 0.3 is 24.0 Å². The number of methoxy groups -OCH3 is 1. The number of anilines is 1. The van der Waals surface area contributed by atoms with Gasteiger partial charge in [0.2, 0.25) is 0 Å². The highest BCUT2D eigenvalue weighted by Gasteiger charge is 2.59. The summed E-state index contributed by atoms with van der Waals surface area (Å²) in [6.07, 6.45) is -4.11. The van der Waals surface area contributed by atoms with E-state index in [1.807, 2.05) is 0 Å². The van der Waals surface area contributed by atoms with Gasteiger partial charge < -0.3 is 23.7 Å². The van der Waals surface area contributed by atoms with Gasteiger partial charge in [-0.3, -0.25) is 14.5 Å². The van der Waals surface area contributed by atoms with E-state index in [1.165, 1.54) is 21.0 Å². The van der Waals surface area contributed by atoms with Crippen molar-refractivity contribution >= 4 is 29.7 Å². The predicted octanol–water partition coefficient (Wildman–Crippen LogP) is 0.809. The van der Waals surface area contributed by atoms with Crippen molar-refractivity contribution in [3.05, 3.63) is 24.3 Å². The van der Waals surface area contributed by atoms with E-state index in [0.29, 0.717) is 11.4 Å². The summed E-state index contributed by atoms with van der Waals surface area (Å²) in [5.74, 6) is -1.44. The van der Waals surface area contributed by atoms with Crippen LogP contribution in [0.1, 0.15) is 13.8 Å². The Morgan fingerprint density at radius 1 is 1.07 bits per heavy atom. The molecule has 0 unspecified atom stereocenters. The number of hydrogen-bond acceptors (Lipinski definition) is 9. The average Bonchev–Trinajstić information content (AvgIpc) is 3.00. The molecule has 0 saturated carbocycles. The lowest BCUT2D eigenvalue weighted by molar-refractivity contribution is -0.197. The van der Waals surface area contributed by atoms with Crippen molar-refractivity contribution in [2.45, 2.75) is 38.2 Å². The van der Waals surface area contributed by atoms with Crippen LogP contribution in [0.2, 0.25) is 0 Å². The zero-order chi connectivity index (χ0) is 20.4. The summed E-state index contributed by atoms with van der Waals surface area (Å²) < 4.78 is 25.9. The van der Waals surface area contributed by atoms with Crippen LogP contribution in [0.25, 0.3) is 0 Å². The summed E-state index contributed by atoms with van der Waals surface area (Å²) in [6.45, 7) is 2.03. The number of esters is 3. The number of rotatable bonds is 5. The van der Waals surface area contributed by atoms with Crippen molar-refractivity contribution in [1.82, 2.24) is 0 Å². The molecule has 2 saturated heterocycles. The molecule has 2 aliphatic heterocycles. The van der Waals surface area contributed by atoms with E-state index in [-0.39, 0.29) is 6.61 Å². The van der Waals surface area contributed by atoms with Crippen LogP contribution < -0.4 is 9.64 Å². The fourth-order valence-corrected chi connectivity index (χ4v) is 3.15. The van der Waals surface area contributed by atoms with E-state index < -0.39 is 48.4 Å². The van der Waals surface area contributed by atoms with Crippen LogP contribution >= 0.6 is 0 Å². The molecule has 1 amide bonds. The molecule has 0 aliphatic carbocycles. The van der Waals surface area contributed by atoms with E-state index in [0.717, 1.165) is 4.90 Å². The minimum absolute atomic E-state index is 0.331. The maximum absolute atomic E-state index is 12.6. The first kappa shape index (κ1) is 19.5. The zero-order valence-corrected chi connectivity index (χ0v) is 15.4. The lowest BCUT2D eigenvalue weighted by Crippen LogP contribution is -2.60. The van der Waals surface area contributed by atoms with E-state index in [9.17, 15) is 19.2 Å². The third-order valence-electron chi connectivity index (χ3n) is 4.33. The predicted molar refractivity (Wildman–Crippen MR) is 91.6 cm³/mol. The van der Waals surface area contributed by atoms with Crippen LogP contribution in [0.4, 0.5) is 10.5 Å². The van der Waals surface area contributed by atoms with Crippen LogP contribution in [0.5, 0.6) is 5.75 Å². The molecule has 10 nitrogen and oxygen atoms in total. The molecule has 2 aliphatic rings. The standard InChI is InChI=1S/C18H19NO9/c1-9(20)25-8-13-15(26-10(2)21)16-14(17(22)27-13)19(18(23)28-16)11-4-6-12(24-3)7-5-11/h4-7,13-16H,8H2,1-3H3/t13-,14+,15+,16-/m1/s1. The SMILES string of the molecule is COc1ccc(N2C(=O)O[C@H]3[C@@H](OC(C)=O)[C@@H](COC(C)=O)OC(=O)[C@H]32)cc1. The lowest BCUT2D eigenvalue weighted by Gasteiger charge is -2.37. The number of nitrogens with zero attached hydrogens (tertiary/aromatic N) is 1. The number of benzene rings is 1. The number of fused-ring (bicyclic) bond motifs is 1. The maximum atomic E-state index is 12.6. The molecule has 2 heterocycles. The Balaban J connectivity index is 1.90. The number of amides is 1. The summed E-state index contributed by atoms with van der Waals surface area (Å²) in [5.41, 5.74) is 0.385. The lowest BCUT2D eigenvalue weighted by atomic mass is 9.97. The van der Waals surface area contributed by atoms with Crippen molar-refractivity contribution < 1.29 is 42.9 Å². The summed E-state index contributed by atoms with van der Waals surface area (Å²) in [5, 5.41) is 0. The topological polar surface area (TPSA) is 118 Å². The van der Waals surface area contributed by atoms with E-state index in [4.69, 9.17) is 23.7 Å². The molecule has 1 aromatic rings. The van der Waals surface area contributed by atoms with E-state index in [2.05, 4.69) is 0 Å². The molecule has 0 spiro atoms. The molecule has 150 valence electrons. The second-order valence-electron chi connectivity index (χ2n) is 6.21. The van der Waals surface area contributed by atoms with Gasteiger partial charge in [0.25, 0.3) is 0 Å². The Bertz CT molecular complexity index is 791. The van der Waals surface area contributed by atoms with Crippen LogP contribution in [0.3, 0.4) is 0 Å². The van der Waals surface area contributed by atoms with E-state index in [1.54, 1.807) is 24.3 Å². The normalized spacial score (nSPS) is 26.0. The second-order valence-corrected chi connectivity index (χ2v) is 6.21. The van der Waals surface area contributed by atoms with Gasteiger partial charge in [-0.15, -0.1) is 0 Å². The van der Waals surface area contributed by atoms with Gasteiger partial charge in [-0.25, -0.2) is 9.59 Å². The summed E-state index contributed by atoms with van der Waals surface area (Å²) >= 11 is 0. The van der Waals surface area contributed by atoms with Gasteiger partial charge in [0.15, 0.2) is 24.4 Å². The number of cyclic esters (lactones) is 1. The molecule has 0 radical (unpaired) electrons. The van der Waals surface area contributed by atoms with Gasteiger partial charge in [0.05, 0.1) is 7.11 Å². The van der Waals surface area contributed by atoms with Gasteiger partial charge in [0.1, 0.15) is 12.4 Å². The summed E-state index contributed by atoms with van der Waals surface area (Å²) in [4.78, 5) is 48.8. The van der Waals surface area contributed by atoms with Crippen molar-refractivity contribution in [3.63, 3.8) is 0 Å². The smallest absolute Gasteiger partial charge is 0.415 e. The molecule has 2 fully saturated rings. The van der Waals surface area contributed by atoms with Gasteiger partial charge in [0, 0.05) is 19.5 Å². The van der Waals surface area contributed by atoms with Crippen molar-refractivity contribution in [2.24, 2.45) is 0 Å². The molecule has 0 aromatic heterocycles. The largest absolute Gasteiger partial charge is 0.497 e. The number of carbonyl (C=O) groups excluding carboxylic acids is 4. The second kappa shape index (κ2) is 7.75. The third-order valence-corrected chi connectivity index (χ3v) is 4.33. The molecule has 10 heteroatoms. The maximum Gasteiger partial charge on any atom is 0.415 e. The number of carbonyl (C=O) groups is 4. The Labute approximate surface area is 160 Å². The van der Waals surface area contributed by atoms with Crippen LogP contribution in [-0.4, -0.2) is 62.1 Å². The Morgan fingerprint density at radius 2 is 1.75 bits per heavy atom. The highest BCUT2D eigenvalue weighted by Crippen LogP contribution is 2.35. The fraction of sp³-hybridized carbons (Fsp3) is 0.444. The van der Waals surface area contributed by atoms with E-state index >= 15 is 0 Å². The Morgan fingerprint density at radius 3 is 2.32 bits per heavy atom. The molecule has 28 heavy (non-hydrogen) atoms. The minimum Gasteiger partial charge on any atom is -0.497 e. The molecule has 1 aromatic carbocycles.